The van der Waals surface area contributed by atoms with Crippen molar-refractivity contribution in [2.24, 2.45) is 5.92 Å². The number of hydrogen-bond donors (Lipinski definition) is 0. The molecule has 4 aromatic carbocycles. The summed E-state index contributed by atoms with van der Waals surface area (Å²) in [7, 11) is -0.540. The Hall–Kier alpha value is -3.89. The van der Waals surface area contributed by atoms with Gasteiger partial charge < -0.3 is 4.57 Å². The van der Waals surface area contributed by atoms with Gasteiger partial charge in [0.2, 0.25) is 6.71 Å². The molecule has 1 unspecified atom stereocenters. The van der Waals surface area contributed by atoms with Crippen LogP contribution in [0.15, 0.2) is 153 Å². The van der Waals surface area contributed by atoms with Gasteiger partial charge in [0.05, 0.1) is 21.0 Å². The summed E-state index contributed by atoms with van der Waals surface area (Å²) in [5, 5.41) is -0.103. The van der Waals surface area contributed by atoms with Gasteiger partial charge in [-0.1, -0.05) is 170 Å². The largest absolute Gasteiger partial charge is 0.327 e. The summed E-state index contributed by atoms with van der Waals surface area (Å²) >= 11 is 0. The highest BCUT2D eigenvalue weighted by Crippen LogP contribution is 2.38. The first-order valence-corrected chi connectivity index (χ1v) is 16.7. The van der Waals surface area contributed by atoms with Crippen molar-refractivity contribution in [3.8, 4) is 0 Å². The molecule has 0 radical (unpaired) electrons. The standard InChI is InChI=1S/C22H26N2Si.C15H15B/c1-3-10-19(2)17-25-22(24-16-15-23-18-24,20-11-6-4-7-12-20)21-13-8-5-9-14-21;1-3-7-13(8-4-1)16(15-11-12-15)14-9-5-2-6-10-14/h3-9,11-16,18-19H,1,10,17,25H2,2H3;1-10,15H,11-12H2. The average molecular weight is 553 g/mol. The van der Waals surface area contributed by atoms with E-state index in [2.05, 4.69) is 151 Å². The predicted octanol–water partition coefficient (Wildman–Crippen LogP) is 6.89. The number of aromatic nitrogens is 2. The fourth-order valence-corrected chi connectivity index (χ4v) is 8.78. The van der Waals surface area contributed by atoms with Gasteiger partial charge in [-0.3, -0.25) is 0 Å². The maximum absolute atomic E-state index is 4.37. The highest BCUT2D eigenvalue weighted by molar-refractivity contribution is 6.86. The molecule has 2 nitrogen and oxygen atoms in total. The lowest BCUT2D eigenvalue weighted by atomic mass is 9.37. The summed E-state index contributed by atoms with van der Waals surface area (Å²) in [5.74, 6) is 1.53. The molecule has 0 amide bonds. The molecule has 1 saturated carbocycles. The van der Waals surface area contributed by atoms with Gasteiger partial charge in [0.1, 0.15) is 0 Å². The van der Waals surface area contributed by atoms with E-state index in [1.807, 2.05) is 18.6 Å². The maximum Gasteiger partial charge on any atom is 0.212 e. The lowest BCUT2D eigenvalue weighted by molar-refractivity contribution is 0.573. The highest BCUT2D eigenvalue weighted by Gasteiger charge is 2.37. The van der Waals surface area contributed by atoms with E-state index < -0.39 is 9.52 Å². The van der Waals surface area contributed by atoms with E-state index in [0.717, 1.165) is 12.2 Å². The lowest BCUT2D eigenvalue weighted by Gasteiger charge is -2.37. The Kier molecular flexibility index (Phi) is 9.88. The molecule has 6 rings (SSSR count). The first kappa shape index (κ1) is 28.6. The summed E-state index contributed by atoms with van der Waals surface area (Å²) in [6.07, 6.45) is 11.9. The molecule has 5 aromatic rings. The minimum atomic E-state index is -0.540. The van der Waals surface area contributed by atoms with Crippen molar-refractivity contribution < 1.29 is 0 Å². The van der Waals surface area contributed by atoms with Crippen molar-refractivity contribution >= 4 is 27.2 Å². The second kappa shape index (κ2) is 14.1. The molecule has 0 aliphatic heterocycles. The molecular formula is C37H41BN2Si. The van der Waals surface area contributed by atoms with Gasteiger partial charge in [0, 0.05) is 12.4 Å². The molecule has 41 heavy (non-hydrogen) atoms. The van der Waals surface area contributed by atoms with Crippen LogP contribution in [0.3, 0.4) is 0 Å². The molecule has 4 heteroatoms. The first-order valence-electron chi connectivity index (χ1n) is 15.0. The van der Waals surface area contributed by atoms with Gasteiger partial charge in [-0.2, -0.15) is 0 Å². The summed E-state index contributed by atoms with van der Waals surface area (Å²) in [4.78, 5) is 4.37. The Morgan fingerprint density at radius 2 is 1.32 bits per heavy atom. The Labute approximate surface area is 249 Å². The van der Waals surface area contributed by atoms with Gasteiger partial charge in [-0.15, -0.1) is 6.58 Å². The molecule has 1 aromatic heterocycles. The summed E-state index contributed by atoms with van der Waals surface area (Å²) in [6.45, 7) is 6.86. The molecule has 0 saturated heterocycles. The molecule has 0 spiro atoms. The molecular weight excluding hydrogens is 511 g/mol. The van der Waals surface area contributed by atoms with Crippen LogP contribution in [0.5, 0.6) is 0 Å². The van der Waals surface area contributed by atoms with E-state index in [1.54, 1.807) is 0 Å². The highest BCUT2D eigenvalue weighted by atomic mass is 28.2. The smallest absolute Gasteiger partial charge is 0.212 e. The predicted molar refractivity (Wildman–Crippen MR) is 180 cm³/mol. The molecule has 0 bridgehead atoms. The molecule has 1 atom stereocenters. The normalized spacial score (nSPS) is 13.8. The van der Waals surface area contributed by atoms with Gasteiger partial charge in [-0.25, -0.2) is 4.98 Å². The van der Waals surface area contributed by atoms with Crippen LogP contribution in [0.1, 0.15) is 37.3 Å². The fourth-order valence-electron chi connectivity index (χ4n) is 6.14. The third kappa shape index (κ3) is 7.07. The number of nitrogens with zero attached hydrogens (tertiary/aromatic N) is 2. The van der Waals surface area contributed by atoms with Crippen LogP contribution in [0.4, 0.5) is 0 Å². The van der Waals surface area contributed by atoms with Crippen LogP contribution in [-0.4, -0.2) is 25.8 Å². The second-order valence-corrected chi connectivity index (χ2v) is 13.5. The SMILES string of the molecule is C=CCC(C)C[SiH2]C(c1ccccc1)(c1ccccc1)n1ccnc1.c1ccc(B(c2ccccc2)C2CC2)cc1. The number of allylic oxidation sites excluding steroid dienone is 1. The Morgan fingerprint density at radius 1 is 0.829 bits per heavy atom. The van der Waals surface area contributed by atoms with Crippen molar-refractivity contribution in [1.82, 2.24) is 9.55 Å². The van der Waals surface area contributed by atoms with E-state index in [9.17, 15) is 0 Å². The summed E-state index contributed by atoms with van der Waals surface area (Å²) in [5.41, 5.74) is 5.65. The average Bonchev–Trinajstić information content (AvgIpc) is 3.71. The van der Waals surface area contributed by atoms with Crippen LogP contribution >= 0.6 is 0 Å². The quantitative estimate of drug-likeness (QED) is 0.129. The Balaban J connectivity index is 0.000000181. The minimum absolute atomic E-state index is 0.103. The van der Waals surface area contributed by atoms with Crippen LogP contribution in [0.25, 0.3) is 0 Å². The first-order chi connectivity index (χ1) is 20.2. The Bertz CT molecular complexity index is 1360. The monoisotopic (exact) mass is 552 g/mol. The van der Waals surface area contributed by atoms with Crippen molar-refractivity contribution in [1.29, 1.82) is 0 Å². The number of imidazole rings is 1. The van der Waals surface area contributed by atoms with Gasteiger partial charge in [-0.05, 0) is 23.5 Å². The number of rotatable bonds is 11. The number of hydrogen-bond acceptors (Lipinski definition) is 1. The van der Waals surface area contributed by atoms with E-state index >= 15 is 0 Å². The van der Waals surface area contributed by atoms with Crippen molar-refractivity contribution in [2.75, 3.05) is 0 Å². The van der Waals surface area contributed by atoms with Crippen molar-refractivity contribution in [3.63, 3.8) is 0 Å². The van der Waals surface area contributed by atoms with E-state index in [-0.39, 0.29) is 5.16 Å². The molecule has 0 N–H and O–H groups in total. The molecule has 206 valence electrons. The summed E-state index contributed by atoms with van der Waals surface area (Å²) < 4.78 is 2.32. The fraction of sp³-hybridized carbons (Fsp3) is 0.216. The van der Waals surface area contributed by atoms with Gasteiger partial charge in [0.25, 0.3) is 0 Å². The maximum atomic E-state index is 4.37. The third-order valence-corrected chi connectivity index (χ3v) is 11.6. The van der Waals surface area contributed by atoms with E-state index in [4.69, 9.17) is 0 Å². The lowest BCUT2D eigenvalue weighted by Crippen LogP contribution is -2.42. The molecule has 1 heterocycles. The van der Waals surface area contributed by atoms with Crippen LogP contribution in [0, 0.1) is 5.92 Å². The Morgan fingerprint density at radius 3 is 1.73 bits per heavy atom. The molecule has 1 fully saturated rings. The third-order valence-electron chi connectivity index (χ3n) is 8.43. The van der Waals surface area contributed by atoms with Crippen molar-refractivity contribution in [2.45, 2.75) is 43.2 Å². The van der Waals surface area contributed by atoms with Crippen LogP contribution in [0.2, 0.25) is 11.9 Å². The zero-order valence-electron chi connectivity index (χ0n) is 24.2. The van der Waals surface area contributed by atoms with Gasteiger partial charge >= 0.3 is 0 Å². The molecule has 1 aliphatic rings. The second-order valence-electron chi connectivity index (χ2n) is 11.4. The van der Waals surface area contributed by atoms with Gasteiger partial charge in [0.15, 0.2) is 0 Å². The minimum Gasteiger partial charge on any atom is -0.327 e. The molecule has 1 aliphatic carbocycles. The summed E-state index contributed by atoms with van der Waals surface area (Å²) in [6, 6.07) is 44.9. The zero-order chi connectivity index (χ0) is 28.3. The van der Waals surface area contributed by atoms with Crippen molar-refractivity contribution in [3.05, 3.63) is 164 Å². The van der Waals surface area contributed by atoms with Crippen LogP contribution < -0.4 is 10.9 Å². The topological polar surface area (TPSA) is 17.8 Å². The zero-order valence-corrected chi connectivity index (χ0v) is 25.6. The van der Waals surface area contributed by atoms with Crippen LogP contribution in [-0.2, 0) is 5.16 Å². The number of benzene rings is 4. The van der Waals surface area contributed by atoms with E-state index in [1.165, 1.54) is 40.9 Å². The van der Waals surface area contributed by atoms with E-state index in [0.29, 0.717) is 12.6 Å².